The van der Waals surface area contributed by atoms with Crippen LogP contribution in [0.2, 0.25) is 0 Å². The molecule has 2 atom stereocenters. The minimum Gasteiger partial charge on any atom is -0.632 e. The number of rotatable bonds is 4. The summed E-state index contributed by atoms with van der Waals surface area (Å²) in [6.07, 6.45) is 1.89. The van der Waals surface area contributed by atoms with Gasteiger partial charge in [0.2, 0.25) is 0 Å². The Kier molecular flexibility index (Phi) is 3.57. The maximum Gasteiger partial charge on any atom is 0.143 e. The van der Waals surface area contributed by atoms with Gasteiger partial charge in [-0.15, -0.1) is 6.58 Å². The Balaban J connectivity index is 3.89. The molecule has 0 fully saturated rings. The standard InChI is InChI=1S/C7H16N2O/c1-4-6-7(8)9(3,10)5-2/h4,7H,1,5-6,8H2,2-3H3. The van der Waals surface area contributed by atoms with Crippen molar-refractivity contribution in [2.75, 3.05) is 13.6 Å². The van der Waals surface area contributed by atoms with Gasteiger partial charge in [0, 0.05) is 6.42 Å². The molecule has 2 N–H and O–H groups in total. The van der Waals surface area contributed by atoms with Crippen molar-refractivity contribution in [3.63, 3.8) is 0 Å². The van der Waals surface area contributed by atoms with Gasteiger partial charge in [-0.25, -0.2) is 0 Å². The van der Waals surface area contributed by atoms with E-state index in [9.17, 15) is 5.21 Å². The summed E-state index contributed by atoms with van der Waals surface area (Å²) in [5.41, 5.74) is 5.56. The monoisotopic (exact) mass is 144 g/mol. The van der Waals surface area contributed by atoms with E-state index in [-0.39, 0.29) is 10.8 Å². The predicted octanol–water partition coefficient (Wildman–Crippen LogP) is 0.812. The lowest BCUT2D eigenvalue weighted by atomic mass is 10.3. The van der Waals surface area contributed by atoms with E-state index in [4.69, 9.17) is 5.73 Å². The van der Waals surface area contributed by atoms with Crippen LogP contribution in [0.15, 0.2) is 12.7 Å². The topological polar surface area (TPSA) is 49.1 Å². The fourth-order valence-electron chi connectivity index (χ4n) is 0.628. The molecule has 3 nitrogen and oxygen atoms in total. The zero-order valence-electron chi connectivity index (χ0n) is 6.71. The highest BCUT2D eigenvalue weighted by Gasteiger charge is 2.15. The van der Waals surface area contributed by atoms with E-state index >= 15 is 0 Å². The molecule has 0 spiro atoms. The van der Waals surface area contributed by atoms with Crippen molar-refractivity contribution in [3.05, 3.63) is 17.9 Å². The first-order valence-corrected chi connectivity index (χ1v) is 3.47. The predicted molar refractivity (Wildman–Crippen MR) is 42.9 cm³/mol. The molecule has 0 aromatic heterocycles. The number of hydrogen-bond acceptors (Lipinski definition) is 2. The van der Waals surface area contributed by atoms with Crippen LogP contribution in [0.4, 0.5) is 0 Å². The van der Waals surface area contributed by atoms with Crippen molar-refractivity contribution in [1.29, 1.82) is 0 Å². The van der Waals surface area contributed by atoms with Gasteiger partial charge < -0.3 is 9.85 Å². The van der Waals surface area contributed by atoms with Gasteiger partial charge in [-0.2, -0.15) is 0 Å². The Morgan fingerprint density at radius 2 is 2.30 bits per heavy atom. The van der Waals surface area contributed by atoms with Crippen molar-refractivity contribution < 1.29 is 4.65 Å². The number of nitrogens with two attached hydrogens (primary N) is 1. The second-order valence-corrected chi connectivity index (χ2v) is 2.58. The molecule has 0 heterocycles. The van der Waals surface area contributed by atoms with E-state index in [2.05, 4.69) is 6.58 Å². The molecule has 0 saturated carbocycles. The summed E-state index contributed by atoms with van der Waals surface area (Å²) in [6, 6.07) is 0. The van der Waals surface area contributed by atoms with Gasteiger partial charge in [-0.3, -0.25) is 5.73 Å². The highest BCUT2D eigenvalue weighted by Crippen LogP contribution is 2.05. The minimum atomic E-state index is -0.383. The molecule has 0 aliphatic heterocycles. The summed E-state index contributed by atoms with van der Waals surface area (Å²) in [5.74, 6) is 0. The summed E-state index contributed by atoms with van der Waals surface area (Å²) in [6.45, 7) is 5.86. The van der Waals surface area contributed by atoms with Crippen molar-refractivity contribution in [1.82, 2.24) is 0 Å². The molecule has 0 rings (SSSR count). The lowest BCUT2D eigenvalue weighted by molar-refractivity contribution is -0.884. The zero-order valence-corrected chi connectivity index (χ0v) is 6.71. The van der Waals surface area contributed by atoms with Crippen LogP contribution in [-0.2, 0) is 0 Å². The Bertz CT molecular complexity index is 112. The minimum absolute atomic E-state index is 0.359. The summed E-state index contributed by atoms with van der Waals surface area (Å²) in [7, 11) is 1.58. The number of hydroxylamine groups is 3. The molecule has 3 heteroatoms. The first kappa shape index (κ1) is 9.62. The van der Waals surface area contributed by atoms with E-state index in [1.165, 1.54) is 0 Å². The van der Waals surface area contributed by atoms with Crippen molar-refractivity contribution in [2.45, 2.75) is 19.5 Å². The van der Waals surface area contributed by atoms with Crippen molar-refractivity contribution in [3.8, 4) is 0 Å². The van der Waals surface area contributed by atoms with Crippen LogP contribution in [0, 0.1) is 5.21 Å². The SMILES string of the molecule is C=CCC(N)[N+](C)([O-])CC. The molecule has 0 aliphatic rings. The average Bonchev–Trinajstić information content (AvgIpc) is 1.89. The van der Waals surface area contributed by atoms with Crippen LogP contribution in [0.5, 0.6) is 0 Å². The third-order valence-corrected chi connectivity index (χ3v) is 1.74. The molecule has 60 valence electrons. The van der Waals surface area contributed by atoms with Gasteiger partial charge in [0.25, 0.3) is 0 Å². The van der Waals surface area contributed by atoms with Crippen molar-refractivity contribution in [2.24, 2.45) is 5.73 Å². The maximum absolute atomic E-state index is 11.3. The summed E-state index contributed by atoms with van der Waals surface area (Å²) < 4.78 is -0.383. The van der Waals surface area contributed by atoms with Gasteiger partial charge >= 0.3 is 0 Å². The third kappa shape index (κ3) is 2.47. The molecule has 0 radical (unpaired) electrons. The number of quaternary nitrogens is 1. The molecule has 0 amide bonds. The van der Waals surface area contributed by atoms with Gasteiger partial charge in [0.1, 0.15) is 6.17 Å². The molecular formula is C7H16N2O. The van der Waals surface area contributed by atoms with Gasteiger partial charge in [0.05, 0.1) is 13.6 Å². The summed E-state index contributed by atoms with van der Waals surface area (Å²) in [5, 5.41) is 11.3. The molecule has 0 aromatic carbocycles. The van der Waals surface area contributed by atoms with E-state index in [1.807, 2.05) is 6.92 Å². The van der Waals surface area contributed by atoms with Crippen LogP contribution in [-0.4, -0.2) is 24.4 Å². The Labute approximate surface area is 62.3 Å². The highest BCUT2D eigenvalue weighted by molar-refractivity contribution is 4.70. The summed E-state index contributed by atoms with van der Waals surface area (Å²) >= 11 is 0. The largest absolute Gasteiger partial charge is 0.632 e. The van der Waals surface area contributed by atoms with E-state index in [0.717, 1.165) is 0 Å². The van der Waals surface area contributed by atoms with Crippen LogP contribution in [0.1, 0.15) is 13.3 Å². The van der Waals surface area contributed by atoms with E-state index in [0.29, 0.717) is 13.0 Å². The molecule has 0 aromatic rings. The fourth-order valence-corrected chi connectivity index (χ4v) is 0.628. The quantitative estimate of drug-likeness (QED) is 0.275. The van der Waals surface area contributed by atoms with Gasteiger partial charge in [-0.1, -0.05) is 6.08 Å². The second-order valence-electron chi connectivity index (χ2n) is 2.58. The Morgan fingerprint density at radius 1 is 1.80 bits per heavy atom. The summed E-state index contributed by atoms with van der Waals surface area (Å²) in [4.78, 5) is 0. The first-order valence-electron chi connectivity index (χ1n) is 3.47. The third-order valence-electron chi connectivity index (χ3n) is 1.74. The molecule has 0 aliphatic carbocycles. The van der Waals surface area contributed by atoms with Gasteiger partial charge in [0.15, 0.2) is 0 Å². The maximum atomic E-state index is 11.3. The average molecular weight is 144 g/mol. The lowest BCUT2D eigenvalue weighted by Crippen LogP contribution is -2.51. The first-order chi connectivity index (χ1) is 4.54. The highest BCUT2D eigenvalue weighted by atomic mass is 16.5. The Hall–Kier alpha value is -0.380. The Morgan fingerprint density at radius 3 is 2.60 bits per heavy atom. The van der Waals surface area contributed by atoms with Crippen LogP contribution in [0.3, 0.4) is 0 Å². The number of hydrogen-bond donors (Lipinski definition) is 1. The smallest absolute Gasteiger partial charge is 0.143 e. The fraction of sp³-hybridized carbons (Fsp3) is 0.714. The van der Waals surface area contributed by atoms with Crippen LogP contribution in [0.25, 0.3) is 0 Å². The molecular weight excluding hydrogens is 128 g/mol. The van der Waals surface area contributed by atoms with Crippen molar-refractivity contribution >= 4 is 0 Å². The zero-order chi connectivity index (χ0) is 8.20. The number of nitrogens with zero attached hydrogens (tertiary/aromatic N) is 1. The lowest BCUT2D eigenvalue weighted by Gasteiger charge is -2.42. The molecule has 10 heavy (non-hydrogen) atoms. The normalized spacial score (nSPS) is 19.6. The second kappa shape index (κ2) is 3.71. The van der Waals surface area contributed by atoms with Gasteiger partial charge in [-0.05, 0) is 6.92 Å². The molecule has 0 bridgehead atoms. The molecule has 0 saturated heterocycles. The molecule has 2 unspecified atom stereocenters. The van der Waals surface area contributed by atoms with Crippen LogP contribution >= 0.6 is 0 Å². The van der Waals surface area contributed by atoms with E-state index in [1.54, 1.807) is 13.1 Å². The van der Waals surface area contributed by atoms with E-state index < -0.39 is 0 Å². The van der Waals surface area contributed by atoms with Crippen LogP contribution < -0.4 is 5.73 Å².